The zero-order valence-corrected chi connectivity index (χ0v) is 12.8. The molecule has 1 aromatic carbocycles. The van der Waals surface area contributed by atoms with Crippen LogP contribution in [0.2, 0.25) is 0 Å². The largest absolute Gasteiger partial charge is 0.458 e. The Bertz CT molecular complexity index is 471. The number of amides is 1. The zero-order valence-electron chi connectivity index (χ0n) is 12.8. The zero-order chi connectivity index (χ0) is 15.3. The van der Waals surface area contributed by atoms with Crippen LogP contribution in [0.1, 0.15) is 38.8 Å². The predicted molar refractivity (Wildman–Crippen MR) is 78.3 cm³/mol. The Labute approximate surface area is 120 Å². The molecule has 0 fully saturated rings. The molecule has 0 aliphatic rings. The fraction of sp³-hybridized carbons (Fsp3) is 0.500. The van der Waals surface area contributed by atoms with Gasteiger partial charge in [0.2, 0.25) is 5.91 Å². The first-order chi connectivity index (χ1) is 9.17. The van der Waals surface area contributed by atoms with Crippen LogP contribution in [0.15, 0.2) is 24.3 Å². The fourth-order valence-corrected chi connectivity index (χ4v) is 1.63. The number of rotatable bonds is 4. The smallest absolute Gasteiger partial charge is 0.328 e. The van der Waals surface area contributed by atoms with Crippen LogP contribution < -0.4 is 5.32 Å². The number of carbonyl (C=O) groups is 2. The normalized spacial score (nSPS) is 12.7. The van der Waals surface area contributed by atoms with Crippen molar-refractivity contribution >= 4 is 11.9 Å². The number of nitrogens with one attached hydrogen (secondary N) is 1. The first-order valence-electron chi connectivity index (χ1n) is 6.75. The molecular formula is C16H23NO3. The molecule has 20 heavy (non-hydrogen) atoms. The van der Waals surface area contributed by atoms with Crippen molar-refractivity contribution in [1.29, 1.82) is 0 Å². The molecule has 1 rings (SSSR count). The summed E-state index contributed by atoms with van der Waals surface area (Å²) in [6.07, 6.45) is 0.257. The number of hydrogen-bond acceptors (Lipinski definition) is 3. The highest BCUT2D eigenvalue weighted by molar-refractivity contribution is 5.85. The van der Waals surface area contributed by atoms with E-state index in [1.165, 1.54) is 0 Å². The van der Waals surface area contributed by atoms with Crippen molar-refractivity contribution in [2.75, 3.05) is 0 Å². The van der Waals surface area contributed by atoms with Crippen molar-refractivity contribution in [3.05, 3.63) is 35.4 Å². The van der Waals surface area contributed by atoms with Crippen LogP contribution in [0.4, 0.5) is 0 Å². The van der Waals surface area contributed by atoms with E-state index in [1.807, 2.05) is 31.2 Å². The quantitative estimate of drug-likeness (QED) is 0.860. The molecule has 0 aliphatic heterocycles. The highest BCUT2D eigenvalue weighted by atomic mass is 16.6. The van der Waals surface area contributed by atoms with Gasteiger partial charge < -0.3 is 10.1 Å². The fourth-order valence-electron chi connectivity index (χ4n) is 1.63. The Morgan fingerprint density at radius 1 is 1.20 bits per heavy atom. The lowest BCUT2D eigenvalue weighted by Gasteiger charge is -2.22. The lowest BCUT2D eigenvalue weighted by Crippen LogP contribution is -2.42. The second-order valence-electron chi connectivity index (χ2n) is 5.99. The summed E-state index contributed by atoms with van der Waals surface area (Å²) in [7, 11) is 0. The van der Waals surface area contributed by atoms with E-state index in [-0.39, 0.29) is 12.3 Å². The van der Waals surface area contributed by atoms with E-state index in [0.717, 1.165) is 11.1 Å². The number of esters is 1. The van der Waals surface area contributed by atoms with Crippen molar-refractivity contribution in [3.8, 4) is 0 Å². The van der Waals surface area contributed by atoms with Crippen LogP contribution in [0.5, 0.6) is 0 Å². The monoisotopic (exact) mass is 277 g/mol. The van der Waals surface area contributed by atoms with Crippen molar-refractivity contribution in [3.63, 3.8) is 0 Å². The molecule has 110 valence electrons. The molecule has 0 unspecified atom stereocenters. The topological polar surface area (TPSA) is 55.4 Å². The van der Waals surface area contributed by atoms with Crippen molar-refractivity contribution < 1.29 is 14.3 Å². The Morgan fingerprint density at radius 3 is 2.25 bits per heavy atom. The Balaban J connectivity index is 2.49. The third-order valence-electron chi connectivity index (χ3n) is 2.62. The number of ether oxygens (including phenoxy) is 1. The van der Waals surface area contributed by atoms with Crippen LogP contribution in [0.25, 0.3) is 0 Å². The maximum Gasteiger partial charge on any atom is 0.328 e. The van der Waals surface area contributed by atoms with Crippen LogP contribution in [0, 0.1) is 6.92 Å². The summed E-state index contributed by atoms with van der Waals surface area (Å²) in [4.78, 5) is 23.6. The highest BCUT2D eigenvalue weighted by Crippen LogP contribution is 2.08. The summed E-state index contributed by atoms with van der Waals surface area (Å²) in [5, 5.41) is 2.65. The summed E-state index contributed by atoms with van der Waals surface area (Å²) in [6, 6.07) is 7.09. The minimum absolute atomic E-state index is 0.188. The number of carbonyl (C=O) groups excluding carboxylic acids is 2. The number of aryl methyl sites for hydroxylation is 1. The molecule has 1 N–H and O–H groups in total. The van der Waals surface area contributed by atoms with Crippen LogP contribution in [0.3, 0.4) is 0 Å². The van der Waals surface area contributed by atoms with Gasteiger partial charge in [-0.05, 0) is 40.2 Å². The van der Waals surface area contributed by atoms with Crippen LogP contribution in [-0.4, -0.2) is 23.5 Å². The summed E-state index contributed by atoms with van der Waals surface area (Å²) >= 11 is 0. The third kappa shape index (κ3) is 5.87. The van der Waals surface area contributed by atoms with Gasteiger partial charge in [0, 0.05) is 0 Å². The summed E-state index contributed by atoms with van der Waals surface area (Å²) in [5.41, 5.74) is 1.52. The second kappa shape index (κ2) is 6.55. The molecule has 0 heterocycles. The molecule has 4 nitrogen and oxygen atoms in total. The van der Waals surface area contributed by atoms with Gasteiger partial charge in [-0.2, -0.15) is 0 Å². The first-order valence-corrected chi connectivity index (χ1v) is 6.75. The third-order valence-corrected chi connectivity index (χ3v) is 2.62. The van der Waals surface area contributed by atoms with Gasteiger partial charge in [-0.1, -0.05) is 29.8 Å². The molecule has 0 saturated carbocycles. The molecule has 0 radical (unpaired) electrons. The SMILES string of the molecule is Cc1ccc(CC(=O)N[C@@H](C)C(=O)OC(C)(C)C)cc1. The average molecular weight is 277 g/mol. The van der Waals surface area contributed by atoms with E-state index in [9.17, 15) is 9.59 Å². The van der Waals surface area contributed by atoms with Gasteiger partial charge in [-0.3, -0.25) is 4.79 Å². The van der Waals surface area contributed by atoms with E-state index in [2.05, 4.69) is 5.32 Å². The maximum atomic E-state index is 11.9. The molecule has 0 aliphatic carbocycles. The van der Waals surface area contributed by atoms with Crippen molar-refractivity contribution in [2.45, 2.75) is 52.7 Å². The second-order valence-corrected chi connectivity index (χ2v) is 5.99. The van der Waals surface area contributed by atoms with Crippen LogP contribution >= 0.6 is 0 Å². The standard InChI is InChI=1S/C16H23NO3/c1-11-6-8-13(9-7-11)10-14(18)17-12(2)15(19)20-16(3,4)5/h6-9,12H,10H2,1-5H3,(H,17,18)/t12-/m0/s1. The first kappa shape index (κ1) is 16.2. The number of hydrogen-bond donors (Lipinski definition) is 1. The Morgan fingerprint density at radius 2 is 1.75 bits per heavy atom. The molecule has 1 amide bonds. The molecule has 4 heteroatoms. The van der Waals surface area contributed by atoms with Gasteiger partial charge in [-0.15, -0.1) is 0 Å². The number of benzene rings is 1. The van der Waals surface area contributed by atoms with Gasteiger partial charge in [0.1, 0.15) is 11.6 Å². The molecule has 0 bridgehead atoms. The van der Waals surface area contributed by atoms with Crippen LogP contribution in [-0.2, 0) is 20.7 Å². The lowest BCUT2D eigenvalue weighted by molar-refractivity contribution is -0.158. The Hall–Kier alpha value is -1.84. The van der Waals surface area contributed by atoms with E-state index >= 15 is 0 Å². The van der Waals surface area contributed by atoms with Gasteiger partial charge in [0.05, 0.1) is 6.42 Å². The minimum Gasteiger partial charge on any atom is -0.458 e. The van der Waals surface area contributed by atoms with Gasteiger partial charge in [0.15, 0.2) is 0 Å². The summed E-state index contributed by atoms with van der Waals surface area (Å²) in [5.74, 6) is -0.609. The molecule has 0 spiro atoms. The summed E-state index contributed by atoms with van der Waals surface area (Å²) in [6.45, 7) is 9.01. The van der Waals surface area contributed by atoms with Crippen molar-refractivity contribution in [1.82, 2.24) is 5.32 Å². The molecule has 0 saturated heterocycles. The minimum atomic E-state index is -0.646. The lowest BCUT2D eigenvalue weighted by atomic mass is 10.1. The molecule has 0 aromatic heterocycles. The molecule has 1 aromatic rings. The predicted octanol–water partition coefficient (Wildman–Crippen LogP) is 2.38. The maximum absolute atomic E-state index is 11.9. The van der Waals surface area contributed by atoms with E-state index < -0.39 is 17.6 Å². The van der Waals surface area contributed by atoms with Gasteiger partial charge >= 0.3 is 5.97 Å². The van der Waals surface area contributed by atoms with Crippen molar-refractivity contribution in [2.24, 2.45) is 0 Å². The summed E-state index contributed by atoms with van der Waals surface area (Å²) < 4.78 is 5.21. The van der Waals surface area contributed by atoms with Gasteiger partial charge in [0.25, 0.3) is 0 Å². The Kier molecular flexibility index (Phi) is 5.31. The van der Waals surface area contributed by atoms with Gasteiger partial charge in [-0.25, -0.2) is 4.79 Å². The van der Waals surface area contributed by atoms with E-state index in [1.54, 1.807) is 27.7 Å². The van der Waals surface area contributed by atoms with E-state index in [4.69, 9.17) is 4.74 Å². The molecule has 1 atom stereocenters. The highest BCUT2D eigenvalue weighted by Gasteiger charge is 2.22. The average Bonchev–Trinajstić information content (AvgIpc) is 2.29. The van der Waals surface area contributed by atoms with E-state index in [0.29, 0.717) is 0 Å². The molecular weight excluding hydrogens is 254 g/mol.